The maximum atomic E-state index is 12.8. The van der Waals surface area contributed by atoms with Gasteiger partial charge in [-0.05, 0) is 42.0 Å². The van der Waals surface area contributed by atoms with E-state index in [1.54, 1.807) is 36.0 Å². The fraction of sp³-hybridized carbons (Fsp3) is 0.0833. The molecule has 1 N–H and O–H groups in total. The fourth-order valence-corrected chi connectivity index (χ4v) is 4.98. The molecule has 1 aromatic heterocycles. The summed E-state index contributed by atoms with van der Waals surface area (Å²) in [5.41, 5.74) is 2.21. The average Bonchev–Trinajstić information content (AvgIpc) is 2.94. The van der Waals surface area contributed by atoms with Crippen LogP contribution >= 0.6 is 23.4 Å². The molecule has 1 atom stereocenters. The van der Waals surface area contributed by atoms with Crippen LogP contribution in [-0.2, 0) is 0 Å². The number of para-hydroxylation sites is 2. The van der Waals surface area contributed by atoms with Crippen LogP contribution in [0.1, 0.15) is 22.8 Å². The minimum absolute atomic E-state index is 0.00469. The molecule has 0 fully saturated rings. The fourth-order valence-electron chi connectivity index (χ4n) is 3.62. The van der Waals surface area contributed by atoms with Gasteiger partial charge < -0.3 is 9.52 Å². The maximum absolute atomic E-state index is 12.8. The van der Waals surface area contributed by atoms with Crippen LogP contribution in [-0.4, -0.2) is 10.8 Å². The van der Waals surface area contributed by atoms with Gasteiger partial charge in [0.2, 0.25) is 0 Å². The van der Waals surface area contributed by atoms with E-state index in [0.717, 1.165) is 16.1 Å². The summed E-state index contributed by atoms with van der Waals surface area (Å²) in [6.45, 7) is 0. The van der Waals surface area contributed by atoms with Crippen LogP contribution in [0.15, 0.2) is 91.9 Å². The molecule has 0 amide bonds. The molecule has 0 radical (unpaired) electrons. The molecule has 4 nitrogen and oxygen atoms in total. The van der Waals surface area contributed by atoms with E-state index in [-0.39, 0.29) is 16.6 Å². The van der Waals surface area contributed by atoms with E-state index in [1.165, 1.54) is 0 Å². The third-order valence-corrected chi connectivity index (χ3v) is 6.66. The second-order valence-electron chi connectivity index (χ2n) is 7.00. The summed E-state index contributed by atoms with van der Waals surface area (Å²) in [4.78, 5) is 18.6. The van der Waals surface area contributed by atoms with Crippen LogP contribution in [0.25, 0.3) is 11.0 Å². The summed E-state index contributed by atoms with van der Waals surface area (Å²) in [5, 5.41) is 12.1. The Balaban J connectivity index is 1.70. The molecular formula is C24H16ClNO3S. The molecule has 5 rings (SSSR count). The van der Waals surface area contributed by atoms with Gasteiger partial charge in [-0.15, -0.1) is 11.8 Å². The Morgan fingerprint density at radius 1 is 1.00 bits per heavy atom. The molecule has 0 bridgehead atoms. The van der Waals surface area contributed by atoms with E-state index in [2.05, 4.69) is 0 Å². The van der Waals surface area contributed by atoms with Crippen LogP contribution in [0, 0.1) is 0 Å². The van der Waals surface area contributed by atoms with Gasteiger partial charge in [-0.3, -0.25) is 4.99 Å². The number of hydrogen-bond donors (Lipinski definition) is 1. The molecule has 1 unspecified atom stereocenters. The van der Waals surface area contributed by atoms with Crippen molar-refractivity contribution in [1.29, 1.82) is 0 Å². The zero-order valence-electron chi connectivity index (χ0n) is 15.7. The van der Waals surface area contributed by atoms with Gasteiger partial charge in [-0.2, -0.15) is 0 Å². The van der Waals surface area contributed by atoms with Crippen molar-refractivity contribution in [2.24, 2.45) is 4.99 Å². The summed E-state index contributed by atoms with van der Waals surface area (Å²) in [7, 11) is 0. The molecule has 1 aliphatic rings. The van der Waals surface area contributed by atoms with Gasteiger partial charge in [0.05, 0.1) is 16.8 Å². The lowest BCUT2D eigenvalue weighted by Gasteiger charge is -2.16. The second kappa shape index (κ2) is 7.67. The van der Waals surface area contributed by atoms with Gasteiger partial charge >= 0.3 is 5.63 Å². The highest BCUT2D eigenvalue weighted by molar-refractivity contribution is 7.99. The molecule has 30 heavy (non-hydrogen) atoms. The van der Waals surface area contributed by atoms with E-state index in [4.69, 9.17) is 21.0 Å². The Labute approximate surface area is 181 Å². The molecule has 0 saturated heterocycles. The van der Waals surface area contributed by atoms with E-state index < -0.39 is 5.63 Å². The largest absolute Gasteiger partial charge is 0.506 e. The molecule has 0 saturated carbocycles. The van der Waals surface area contributed by atoms with Crippen molar-refractivity contribution in [3.63, 3.8) is 0 Å². The first-order valence-electron chi connectivity index (χ1n) is 9.44. The van der Waals surface area contributed by atoms with Gasteiger partial charge in [0.1, 0.15) is 16.9 Å². The molecule has 148 valence electrons. The first-order valence-corrected chi connectivity index (χ1v) is 10.7. The van der Waals surface area contributed by atoms with E-state index in [9.17, 15) is 9.90 Å². The molecule has 3 aromatic carbocycles. The summed E-state index contributed by atoms with van der Waals surface area (Å²) in [6, 6.07) is 22.4. The molecular weight excluding hydrogens is 418 g/mol. The number of benzene rings is 3. The third-order valence-electron chi connectivity index (χ3n) is 5.08. The maximum Gasteiger partial charge on any atom is 0.349 e. The number of hydrogen-bond acceptors (Lipinski definition) is 5. The lowest BCUT2D eigenvalue weighted by molar-refractivity contribution is 0.466. The topological polar surface area (TPSA) is 62.8 Å². The standard InChI is InChI=1S/C24H16ClNO3S/c25-15-11-9-14(10-12-15)21-13-18(26-17-6-2-4-8-20(17)30-21)22-23(27)16-5-1-3-7-19(16)29-24(22)28/h1-12,21,27H,13H2. The van der Waals surface area contributed by atoms with Crippen molar-refractivity contribution < 1.29 is 9.52 Å². The first-order chi connectivity index (χ1) is 14.6. The van der Waals surface area contributed by atoms with E-state index in [1.807, 2.05) is 48.5 Å². The Kier molecular flexibility index (Phi) is 4.85. The number of rotatable bonds is 2. The van der Waals surface area contributed by atoms with Crippen LogP contribution < -0.4 is 5.63 Å². The molecule has 4 aromatic rings. The monoisotopic (exact) mass is 433 g/mol. The van der Waals surface area contributed by atoms with Crippen molar-refractivity contribution in [3.05, 3.63) is 99.4 Å². The van der Waals surface area contributed by atoms with Crippen molar-refractivity contribution >= 4 is 45.7 Å². The Bertz CT molecular complexity index is 1340. The van der Waals surface area contributed by atoms with Crippen molar-refractivity contribution in [1.82, 2.24) is 0 Å². The third kappa shape index (κ3) is 3.40. The summed E-state index contributed by atoms with van der Waals surface area (Å²) >= 11 is 7.75. The Morgan fingerprint density at radius 3 is 2.57 bits per heavy atom. The number of thioether (sulfide) groups is 1. The predicted octanol–water partition coefficient (Wildman–Crippen LogP) is 6.51. The zero-order valence-corrected chi connectivity index (χ0v) is 17.3. The quantitative estimate of drug-likeness (QED) is 0.366. The minimum atomic E-state index is -0.593. The normalized spacial score (nSPS) is 16.0. The SMILES string of the molecule is O=c1oc2ccccc2c(O)c1C1=Nc2ccccc2SC(c2ccc(Cl)cc2)C1. The summed E-state index contributed by atoms with van der Waals surface area (Å²) in [5.74, 6) is -0.0974. The highest BCUT2D eigenvalue weighted by Crippen LogP contribution is 2.46. The minimum Gasteiger partial charge on any atom is -0.506 e. The molecule has 2 heterocycles. The number of nitrogens with zero attached hydrogens (tertiary/aromatic N) is 1. The van der Waals surface area contributed by atoms with Crippen molar-refractivity contribution in [2.45, 2.75) is 16.6 Å². The van der Waals surface area contributed by atoms with Gasteiger partial charge in [-0.1, -0.05) is 48.0 Å². The highest BCUT2D eigenvalue weighted by atomic mass is 35.5. The first kappa shape index (κ1) is 19.0. The Morgan fingerprint density at radius 2 is 1.73 bits per heavy atom. The van der Waals surface area contributed by atoms with Crippen LogP contribution in [0.4, 0.5) is 5.69 Å². The second-order valence-corrected chi connectivity index (χ2v) is 8.68. The van der Waals surface area contributed by atoms with Gasteiger partial charge in [0, 0.05) is 21.6 Å². The van der Waals surface area contributed by atoms with Crippen LogP contribution in [0.2, 0.25) is 5.02 Å². The molecule has 0 spiro atoms. The summed E-state index contributed by atoms with van der Waals surface area (Å²) < 4.78 is 5.49. The smallest absolute Gasteiger partial charge is 0.349 e. The highest BCUT2D eigenvalue weighted by Gasteiger charge is 2.27. The number of fused-ring (bicyclic) bond motifs is 2. The Hall–Kier alpha value is -3.02. The predicted molar refractivity (Wildman–Crippen MR) is 121 cm³/mol. The number of halogens is 1. The lowest BCUT2D eigenvalue weighted by atomic mass is 10.0. The van der Waals surface area contributed by atoms with Gasteiger partial charge in [0.25, 0.3) is 0 Å². The van der Waals surface area contributed by atoms with Crippen molar-refractivity contribution in [2.75, 3.05) is 0 Å². The molecule has 6 heteroatoms. The average molecular weight is 434 g/mol. The zero-order chi connectivity index (χ0) is 20.7. The molecule has 0 aliphatic carbocycles. The number of aromatic hydroxyl groups is 1. The van der Waals surface area contributed by atoms with Gasteiger partial charge in [0.15, 0.2) is 0 Å². The van der Waals surface area contributed by atoms with Crippen LogP contribution in [0.5, 0.6) is 5.75 Å². The summed E-state index contributed by atoms with van der Waals surface area (Å²) in [6.07, 6.45) is 0.456. The van der Waals surface area contributed by atoms with Crippen LogP contribution in [0.3, 0.4) is 0 Å². The molecule has 1 aliphatic heterocycles. The lowest BCUT2D eigenvalue weighted by Crippen LogP contribution is -2.16. The van der Waals surface area contributed by atoms with E-state index in [0.29, 0.717) is 28.1 Å². The number of aliphatic imine (C=N–C) groups is 1. The van der Waals surface area contributed by atoms with E-state index >= 15 is 0 Å². The van der Waals surface area contributed by atoms with Crippen molar-refractivity contribution in [3.8, 4) is 5.75 Å². The van der Waals surface area contributed by atoms with Gasteiger partial charge in [-0.25, -0.2) is 4.79 Å².